The van der Waals surface area contributed by atoms with Crippen LogP contribution in [0.3, 0.4) is 0 Å². The summed E-state index contributed by atoms with van der Waals surface area (Å²) in [6, 6.07) is 0. The molecule has 0 saturated carbocycles. The van der Waals surface area contributed by atoms with E-state index in [4.69, 9.17) is 21.4 Å². The molecule has 6 heteroatoms. The van der Waals surface area contributed by atoms with Crippen LogP contribution >= 0.6 is 12.2 Å². The van der Waals surface area contributed by atoms with Gasteiger partial charge in [-0.3, -0.25) is 0 Å². The Morgan fingerprint density at radius 2 is 1.75 bits per heavy atom. The van der Waals surface area contributed by atoms with Crippen LogP contribution in [-0.2, 0) is 9.16 Å². The summed E-state index contributed by atoms with van der Waals surface area (Å²) in [4.78, 5) is 11.4. The SMILES string of the molecule is CC(C)(C)OC(=O)NCCCCCC(=S)O[Si](C)(C)C. The number of alkyl carbamates (subject to hydrolysis) is 1. The Morgan fingerprint density at radius 1 is 1.15 bits per heavy atom. The summed E-state index contributed by atoms with van der Waals surface area (Å²) in [6.45, 7) is 12.6. The molecule has 0 aromatic rings. The number of nitrogens with one attached hydrogen (secondary N) is 1. The molecule has 0 unspecified atom stereocenters. The topological polar surface area (TPSA) is 47.6 Å². The Labute approximate surface area is 129 Å². The van der Waals surface area contributed by atoms with E-state index in [9.17, 15) is 4.79 Å². The Kier molecular flexibility index (Phi) is 8.35. The fourth-order valence-corrected chi connectivity index (χ4v) is 3.15. The Bertz CT molecular complexity index is 289. The van der Waals surface area contributed by atoms with Crippen molar-refractivity contribution in [3.63, 3.8) is 0 Å². The minimum atomic E-state index is -1.55. The van der Waals surface area contributed by atoms with Crippen molar-refractivity contribution < 1.29 is 14.0 Å². The van der Waals surface area contributed by atoms with Gasteiger partial charge < -0.3 is 14.5 Å². The summed E-state index contributed by atoms with van der Waals surface area (Å²) < 4.78 is 10.9. The standard InChI is InChI=1S/C14H29NO3SSi/c1-14(2,3)17-13(16)15-11-9-7-8-10-12(19)18-20(4,5)6/h7-11H2,1-6H3,(H,15,16). The highest BCUT2D eigenvalue weighted by Crippen LogP contribution is 2.09. The predicted octanol–water partition coefficient (Wildman–Crippen LogP) is 4.25. The minimum absolute atomic E-state index is 0.352. The lowest BCUT2D eigenvalue weighted by atomic mass is 10.2. The van der Waals surface area contributed by atoms with Gasteiger partial charge in [-0.2, -0.15) is 0 Å². The van der Waals surface area contributed by atoms with Gasteiger partial charge >= 0.3 is 6.09 Å². The van der Waals surface area contributed by atoms with Gasteiger partial charge in [0.2, 0.25) is 8.32 Å². The van der Waals surface area contributed by atoms with Crippen LogP contribution in [0.4, 0.5) is 4.79 Å². The van der Waals surface area contributed by atoms with Crippen LogP contribution in [0.25, 0.3) is 0 Å². The maximum absolute atomic E-state index is 11.4. The lowest BCUT2D eigenvalue weighted by Crippen LogP contribution is -2.33. The number of unbranched alkanes of at least 4 members (excludes halogenated alkanes) is 2. The van der Waals surface area contributed by atoms with Gasteiger partial charge in [-0.05, 0) is 65.5 Å². The van der Waals surface area contributed by atoms with Gasteiger partial charge in [0.15, 0.2) is 0 Å². The summed E-state index contributed by atoms with van der Waals surface area (Å²) in [7, 11) is -1.55. The molecule has 0 radical (unpaired) electrons. The van der Waals surface area contributed by atoms with E-state index in [1.54, 1.807) is 0 Å². The molecule has 0 aliphatic heterocycles. The van der Waals surface area contributed by atoms with Gasteiger partial charge in [0.1, 0.15) is 10.7 Å². The molecule has 0 aliphatic carbocycles. The van der Waals surface area contributed by atoms with E-state index < -0.39 is 13.9 Å². The second kappa shape index (κ2) is 8.62. The van der Waals surface area contributed by atoms with Crippen LogP contribution in [0.15, 0.2) is 0 Å². The van der Waals surface area contributed by atoms with E-state index in [1.807, 2.05) is 20.8 Å². The average Bonchev–Trinajstić information content (AvgIpc) is 2.17. The summed E-state index contributed by atoms with van der Waals surface area (Å²) >= 11 is 5.20. The van der Waals surface area contributed by atoms with Crippen molar-refractivity contribution in [2.45, 2.75) is 71.7 Å². The zero-order valence-corrected chi connectivity index (χ0v) is 15.5. The summed E-state index contributed by atoms with van der Waals surface area (Å²) in [6.07, 6.45) is 3.42. The Morgan fingerprint density at radius 3 is 2.25 bits per heavy atom. The van der Waals surface area contributed by atoms with E-state index in [1.165, 1.54) is 0 Å². The maximum Gasteiger partial charge on any atom is 0.407 e. The Balaban J connectivity index is 3.54. The normalized spacial score (nSPS) is 11.9. The second-order valence-electron chi connectivity index (χ2n) is 6.83. The van der Waals surface area contributed by atoms with Crippen molar-refractivity contribution in [3.8, 4) is 0 Å². The fourth-order valence-electron chi connectivity index (χ4n) is 1.47. The molecular weight excluding hydrogens is 290 g/mol. The van der Waals surface area contributed by atoms with Crippen LogP contribution in [-0.4, -0.2) is 31.6 Å². The smallest absolute Gasteiger partial charge is 0.407 e. The predicted molar refractivity (Wildman–Crippen MR) is 89.7 cm³/mol. The summed E-state index contributed by atoms with van der Waals surface area (Å²) in [5, 5.41) is 3.47. The first-order valence-electron chi connectivity index (χ1n) is 7.18. The van der Waals surface area contributed by atoms with Gasteiger partial charge in [-0.15, -0.1) is 0 Å². The van der Waals surface area contributed by atoms with Crippen LogP contribution < -0.4 is 5.32 Å². The van der Waals surface area contributed by atoms with E-state index in [0.29, 0.717) is 6.54 Å². The van der Waals surface area contributed by atoms with E-state index in [0.717, 1.165) is 30.7 Å². The highest BCUT2D eigenvalue weighted by Gasteiger charge is 2.17. The lowest BCUT2D eigenvalue weighted by Gasteiger charge is -2.20. The van der Waals surface area contributed by atoms with Crippen molar-refractivity contribution in [2.75, 3.05) is 6.54 Å². The fraction of sp³-hybridized carbons (Fsp3) is 0.857. The zero-order valence-electron chi connectivity index (χ0n) is 13.7. The first kappa shape index (κ1) is 19.4. The molecule has 0 heterocycles. The van der Waals surface area contributed by atoms with Crippen LogP contribution in [0, 0.1) is 0 Å². The van der Waals surface area contributed by atoms with Crippen LogP contribution in [0.1, 0.15) is 46.5 Å². The molecule has 0 atom stereocenters. The van der Waals surface area contributed by atoms with Crippen LogP contribution in [0.5, 0.6) is 0 Å². The first-order valence-corrected chi connectivity index (χ1v) is 11.0. The van der Waals surface area contributed by atoms with E-state index >= 15 is 0 Å². The molecule has 0 spiro atoms. The molecule has 1 N–H and O–H groups in total. The minimum Gasteiger partial charge on any atom is -0.540 e. The zero-order chi connectivity index (χ0) is 15.8. The average molecular weight is 320 g/mol. The first-order chi connectivity index (χ1) is 8.99. The lowest BCUT2D eigenvalue weighted by molar-refractivity contribution is 0.0527. The van der Waals surface area contributed by atoms with Gasteiger partial charge in [-0.25, -0.2) is 4.79 Å². The van der Waals surface area contributed by atoms with Crippen molar-refractivity contribution >= 4 is 31.7 Å². The van der Waals surface area contributed by atoms with Gasteiger partial charge in [0.25, 0.3) is 0 Å². The third kappa shape index (κ3) is 13.8. The highest BCUT2D eigenvalue weighted by atomic mass is 32.1. The highest BCUT2D eigenvalue weighted by molar-refractivity contribution is 7.80. The van der Waals surface area contributed by atoms with Crippen molar-refractivity contribution in [1.82, 2.24) is 5.32 Å². The second-order valence-corrected chi connectivity index (χ2v) is 11.7. The van der Waals surface area contributed by atoms with Crippen molar-refractivity contribution in [3.05, 3.63) is 0 Å². The molecule has 0 aliphatic rings. The number of hydrogen-bond acceptors (Lipinski definition) is 4. The summed E-state index contributed by atoms with van der Waals surface area (Å²) in [5.41, 5.74) is -0.440. The molecule has 20 heavy (non-hydrogen) atoms. The molecule has 0 aromatic carbocycles. The molecular formula is C14H29NO3SSi. The molecule has 0 rings (SSSR count). The molecule has 0 bridgehead atoms. The largest absolute Gasteiger partial charge is 0.540 e. The van der Waals surface area contributed by atoms with Gasteiger partial charge in [0.05, 0.1) is 0 Å². The number of carbonyl (C=O) groups excluding carboxylic acids is 1. The molecule has 0 saturated heterocycles. The molecule has 0 aromatic heterocycles. The number of ether oxygens (including phenoxy) is 1. The molecule has 0 fully saturated rings. The van der Waals surface area contributed by atoms with Gasteiger partial charge in [-0.1, -0.05) is 6.42 Å². The number of thiocarbonyl (C=S) groups is 1. The quantitative estimate of drug-likeness (QED) is 0.433. The van der Waals surface area contributed by atoms with E-state index in [2.05, 4.69) is 25.0 Å². The summed E-state index contributed by atoms with van der Waals surface area (Å²) in [5.74, 6) is 0. The van der Waals surface area contributed by atoms with Crippen molar-refractivity contribution in [1.29, 1.82) is 0 Å². The van der Waals surface area contributed by atoms with E-state index in [-0.39, 0.29) is 6.09 Å². The third-order valence-corrected chi connectivity index (χ3v) is 3.44. The number of rotatable bonds is 7. The number of amides is 1. The maximum atomic E-state index is 11.4. The Hall–Kier alpha value is -0.623. The number of hydrogen-bond donors (Lipinski definition) is 1. The third-order valence-electron chi connectivity index (χ3n) is 2.15. The monoisotopic (exact) mass is 319 g/mol. The molecule has 1 amide bonds. The van der Waals surface area contributed by atoms with Gasteiger partial charge in [0, 0.05) is 13.0 Å². The molecule has 4 nitrogen and oxygen atoms in total. The van der Waals surface area contributed by atoms with Crippen LogP contribution in [0.2, 0.25) is 19.6 Å². The number of carbonyl (C=O) groups is 1. The van der Waals surface area contributed by atoms with Crippen molar-refractivity contribution in [2.24, 2.45) is 0 Å². The molecule has 118 valence electrons.